The summed E-state index contributed by atoms with van der Waals surface area (Å²) in [6, 6.07) is 13.0. The summed E-state index contributed by atoms with van der Waals surface area (Å²) in [5.41, 5.74) is -1.07. The molecule has 0 fully saturated rings. The number of hydrogen-bond donors (Lipinski definition) is 1. The summed E-state index contributed by atoms with van der Waals surface area (Å²) in [5, 5.41) is 28.1. The van der Waals surface area contributed by atoms with Gasteiger partial charge in [-0.1, -0.05) is 69.5 Å². The molecule has 0 radical (unpaired) electrons. The molecule has 1 N–H and O–H groups in total. The highest BCUT2D eigenvalue weighted by Crippen LogP contribution is 2.51. The Morgan fingerprint density at radius 2 is 1.36 bits per heavy atom. The van der Waals surface area contributed by atoms with Crippen molar-refractivity contribution in [3.8, 4) is 22.3 Å². The Kier molecular flexibility index (Phi) is 9.16. The van der Waals surface area contributed by atoms with E-state index in [2.05, 4.69) is 37.2 Å². The lowest BCUT2D eigenvalue weighted by molar-refractivity contribution is -0.391. The molecule has 36 heavy (non-hydrogen) atoms. The van der Waals surface area contributed by atoms with Gasteiger partial charge < -0.3 is 10.1 Å². The molecule has 0 unspecified atom stereocenters. The lowest BCUT2D eigenvalue weighted by atomic mass is 9.88. The molecule has 0 atom stereocenters. The Balaban J connectivity index is 2.60. The average Bonchev–Trinajstić information content (AvgIpc) is 2.84. The second kappa shape index (κ2) is 12.1. The Morgan fingerprint density at radius 1 is 0.861 bits per heavy atom. The molecule has 0 aromatic heterocycles. The smallest absolute Gasteiger partial charge is 0.341 e. The largest absolute Gasteiger partial charge is 0.462 e. The summed E-state index contributed by atoms with van der Waals surface area (Å²) < 4.78 is 6.68. The molecule has 3 rings (SSSR count). The minimum Gasteiger partial charge on any atom is -0.462 e. The molecule has 0 saturated heterocycles. The first-order valence-electron chi connectivity index (χ1n) is 11.2. The van der Waals surface area contributed by atoms with Gasteiger partial charge in [-0.05, 0) is 48.7 Å². The quantitative estimate of drug-likeness (QED) is 0.106. The van der Waals surface area contributed by atoms with Crippen molar-refractivity contribution >= 4 is 54.9 Å². The van der Waals surface area contributed by atoms with Crippen molar-refractivity contribution in [2.24, 2.45) is 0 Å². The number of nitrogens with one attached hydrogen (secondary N) is 1. The molecule has 0 amide bonds. The number of anilines is 1. The highest BCUT2D eigenvalue weighted by atomic mass is 79.9. The van der Waals surface area contributed by atoms with Gasteiger partial charge in [0.15, 0.2) is 0 Å². The maximum absolute atomic E-state index is 13.3. The summed E-state index contributed by atoms with van der Waals surface area (Å²) in [4.78, 5) is 37.0. The first-order chi connectivity index (χ1) is 17.2. The Hall–Kier alpha value is -3.31. The van der Waals surface area contributed by atoms with Gasteiger partial charge in [0.1, 0.15) is 16.8 Å². The summed E-state index contributed by atoms with van der Waals surface area (Å²) in [6.07, 6.45) is 1.46. The molecular formula is C25H23Br2N3O6. The second-order valence-electron chi connectivity index (χ2n) is 7.73. The van der Waals surface area contributed by atoms with Crippen LogP contribution in [0.15, 0.2) is 57.5 Å². The third kappa shape index (κ3) is 5.73. The van der Waals surface area contributed by atoms with E-state index in [9.17, 15) is 25.0 Å². The molecular weight excluding hydrogens is 598 g/mol. The number of carbonyl (C=O) groups excluding carboxylic acids is 1. The van der Waals surface area contributed by atoms with Gasteiger partial charge in [-0.25, -0.2) is 4.79 Å². The number of nitro benzene ring substituents is 2. The van der Waals surface area contributed by atoms with E-state index in [1.807, 2.05) is 6.92 Å². The van der Waals surface area contributed by atoms with Gasteiger partial charge in [0.25, 0.3) is 5.69 Å². The highest BCUT2D eigenvalue weighted by molar-refractivity contribution is 9.10. The minimum absolute atomic E-state index is 0.0108. The highest BCUT2D eigenvalue weighted by Gasteiger charge is 2.40. The number of nitrogens with zero attached hydrogens (tertiary/aromatic N) is 2. The van der Waals surface area contributed by atoms with Crippen molar-refractivity contribution in [1.29, 1.82) is 0 Å². The number of nitro groups is 2. The van der Waals surface area contributed by atoms with Gasteiger partial charge in [0, 0.05) is 15.5 Å². The van der Waals surface area contributed by atoms with E-state index in [1.165, 1.54) is 0 Å². The Morgan fingerprint density at radius 3 is 1.81 bits per heavy atom. The van der Waals surface area contributed by atoms with E-state index in [1.54, 1.807) is 55.5 Å². The van der Waals surface area contributed by atoms with E-state index in [0.29, 0.717) is 23.0 Å². The molecule has 0 bridgehead atoms. The fourth-order valence-corrected chi connectivity index (χ4v) is 4.38. The number of unbranched alkanes of at least 4 members (excludes halogenated alkanes) is 1. The van der Waals surface area contributed by atoms with Crippen LogP contribution in [0.3, 0.4) is 0 Å². The van der Waals surface area contributed by atoms with Gasteiger partial charge in [0.2, 0.25) is 0 Å². The molecule has 11 heteroatoms. The molecule has 9 nitrogen and oxygen atoms in total. The van der Waals surface area contributed by atoms with Crippen LogP contribution in [-0.2, 0) is 4.74 Å². The van der Waals surface area contributed by atoms with E-state index < -0.39 is 27.2 Å². The number of hydrogen-bond acceptors (Lipinski definition) is 7. The van der Waals surface area contributed by atoms with Crippen molar-refractivity contribution in [2.75, 3.05) is 18.5 Å². The van der Waals surface area contributed by atoms with Crippen molar-refractivity contribution in [1.82, 2.24) is 0 Å². The standard InChI is InChI=1S/C25H23Br2N3O6/c1-3-5-14-28-22-21(25(31)36-4-2)19(15-6-10-17(26)11-7-15)23(29(32)33)20(24(22)30(34)35)16-8-12-18(27)13-9-16/h6-13,28H,3-5,14H2,1-2H3. The van der Waals surface area contributed by atoms with Crippen LogP contribution in [0.1, 0.15) is 37.0 Å². The molecule has 0 saturated carbocycles. The molecule has 188 valence electrons. The Bertz CT molecular complexity index is 1290. The summed E-state index contributed by atoms with van der Waals surface area (Å²) in [5.74, 6) is -0.886. The maximum atomic E-state index is 13.3. The zero-order chi connectivity index (χ0) is 26.4. The van der Waals surface area contributed by atoms with Crippen molar-refractivity contribution < 1.29 is 19.4 Å². The summed E-state index contributed by atoms with van der Waals surface area (Å²) in [6.45, 7) is 3.86. The van der Waals surface area contributed by atoms with Gasteiger partial charge in [0.05, 0.1) is 22.0 Å². The topological polar surface area (TPSA) is 125 Å². The third-order valence-electron chi connectivity index (χ3n) is 5.39. The first-order valence-corrected chi connectivity index (χ1v) is 12.7. The van der Waals surface area contributed by atoms with Crippen molar-refractivity contribution in [2.45, 2.75) is 26.7 Å². The zero-order valence-electron chi connectivity index (χ0n) is 19.5. The van der Waals surface area contributed by atoms with Crippen LogP contribution < -0.4 is 5.32 Å². The van der Waals surface area contributed by atoms with Crippen LogP contribution >= 0.6 is 31.9 Å². The van der Waals surface area contributed by atoms with Crippen LogP contribution in [0.25, 0.3) is 22.3 Å². The van der Waals surface area contributed by atoms with Crippen LogP contribution in [0.2, 0.25) is 0 Å². The van der Waals surface area contributed by atoms with E-state index in [0.717, 1.165) is 10.9 Å². The summed E-state index contributed by atoms with van der Waals surface area (Å²) >= 11 is 6.68. The number of ether oxygens (including phenoxy) is 1. The molecule has 0 aliphatic carbocycles. The molecule has 0 aliphatic heterocycles. The molecule has 3 aromatic carbocycles. The van der Waals surface area contributed by atoms with Crippen LogP contribution in [-0.4, -0.2) is 29.0 Å². The SMILES string of the molecule is CCCCNc1c(C(=O)OCC)c(-c2ccc(Br)cc2)c([N+](=O)[O-])c(-c2ccc(Br)cc2)c1[N+](=O)[O-]. The van der Waals surface area contributed by atoms with Gasteiger partial charge >= 0.3 is 11.7 Å². The predicted octanol–water partition coefficient (Wildman–Crippen LogP) is 7.75. The average molecular weight is 621 g/mol. The fourth-order valence-electron chi connectivity index (χ4n) is 3.85. The minimum atomic E-state index is -0.886. The predicted molar refractivity (Wildman–Crippen MR) is 145 cm³/mol. The third-order valence-corrected chi connectivity index (χ3v) is 6.45. The Labute approximate surface area is 224 Å². The fraction of sp³-hybridized carbons (Fsp3) is 0.240. The van der Waals surface area contributed by atoms with Crippen LogP contribution in [0.5, 0.6) is 0 Å². The molecule has 0 heterocycles. The van der Waals surface area contributed by atoms with Crippen LogP contribution in [0.4, 0.5) is 17.1 Å². The number of benzene rings is 3. The van der Waals surface area contributed by atoms with E-state index in [-0.39, 0.29) is 34.5 Å². The van der Waals surface area contributed by atoms with Crippen molar-refractivity contribution in [3.05, 3.63) is 83.3 Å². The summed E-state index contributed by atoms with van der Waals surface area (Å²) in [7, 11) is 0. The normalized spacial score (nSPS) is 10.7. The molecule has 0 aliphatic rings. The van der Waals surface area contributed by atoms with E-state index in [4.69, 9.17) is 4.74 Å². The van der Waals surface area contributed by atoms with Gasteiger partial charge in [-0.3, -0.25) is 20.2 Å². The van der Waals surface area contributed by atoms with Crippen molar-refractivity contribution in [3.63, 3.8) is 0 Å². The number of carbonyl (C=O) groups is 1. The molecule has 3 aromatic rings. The van der Waals surface area contributed by atoms with E-state index >= 15 is 0 Å². The lowest BCUT2D eigenvalue weighted by Gasteiger charge is -2.19. The number of esters is 1. The number of halogens is 2. The van der Waals surface area contributed by atoms with Crippen LogP contribution in [0, 0.1) is 20.2 Å². The first kappa shape index (κ1) is 27.3. The monoisotopic (exact) mass is 619 g/mol. The second-order valence-corrected chi connectivity index (χ2v) is 9.56. The molecule has 0 spiro atoms. The zero-order valence-corrected chi connectivity index (χ0v) is 22.7. The van der Waals surface area contributed by atoms with Gasteiger partial charge in [-0.2, -0.15) is 0 Å². The lowest BCUT2D eigenvalue weighted by Crippen LogP contribution is -2.16. The maximum Gasteiger partial charge on any atom is 0.341 e. The van der Waals surface area contributed by atoms with Gasteiger partial charge in [-0.15, -0.1) is 0 Å². The number of rotatable bonds is 10.